The Hall–Kier alpha value is -3.18. The minimum Gasteiger partial charge on any atom is -0.497 e. The Bertz CT molecular complexity index is 841. The number of hydrogen-bond donors (Lipinski definition) is 1. The summed E-state index contributed by atoms with van der Waals surface area (Å²) < 4.78 is 15.3. The van der Waals surface area contributed by atoms with Crippen LogP contribution in [-0.4, -0.2) is 38.5 Å². The number of methoxy groups -OCH3 is 2. The van der Waals surface area contributed by atoms with Crippen LogP contribution in [0.1, 0.15) is 10.4 Å². The molecule has 2 rings (SSSR count). The fourth-order valence-corrected chi connectivity index (χ4v) is 2.80. The number of rotatable bonds is 8. The molecule has 8 heteroatoms. The molecule has 2 aromatic carbocycles. The van der Waals surface area contributed by atoms with Gasteiger partial charge in [-0.3, -0.25) is 4.79 Å². The molecule has 27 heavy (non-hydrogen) atoms. The molecule has 0 aliphatic rings. The van der Waals surface area contributed by atoms with Crippen molar-refractivity contribution in [3.63, 3.8) is 0 Å². The smallest absolute Gasteiger partial charge is 0.338 e. The molecule has 0 atom stereocenters. The summed E-state index contributed by atoms with van der Waals surface area (Å²) in [6.45, 7) is -0.449. The quantitative estimate of drug-likeness (QED) is 0.550. The predicted octanol–water partition coefficient (Wildman–Crippen LogP) is 3.11. The van der Waals surface area contributed by atoms with E-state index < -0.39 is 18.5 Å². The highest BCUT2D eigenvalue weighted by Crippen LogP contribution is 2.26. The van der Waals surface area contributed by atoms with Crippen LogP contribution >= 0.6 is 11.8 Å². The monoisotopic (exact) mass is 386 g/mol. The van der Waals surface area contributed by atoms with E-state index in [1.807, 2.05) is 12.1 Å². The number of nitrogens with zero attached hydrogens (tertiary/aromatic N) is 1. The maximum absolute atomic E-state index is 12.2. The van der Waals surface area contributed by atoms with Gasteiger partial charge < -0.3 is 19.5 Å². The van der Waals surface area contributed by atoms with Crippen LogP contribution in [0.15, 0.2) is 47.4 Å². The van der Waals surface area contributed by atoms with Crippen molar-refractivity contribution in [1.29, 1.82) is 5.26 Å². The van der Waals surface area contributed by atoms with Gasteiger partial charge in [-0.05, 0) is 24.3 Å². The van der Waals surface area contributed by atoms with Gasteiger partial charge in [-0.25, -0.2) is 4.79 Å². The average molecular weight is 386 g/mol. The summed E-state index contributed by atoms with van der Waals surface area (Å²) in [7, 11) is 2.94. The van der Waals surface area contributed by atoms with E-state index in [9.17, 15) is 9.59 Å². The summed E-state index contributed by atoms with van der Waals surface area (Å²) in [6, 6.07) is 13.7. The zero-order valence-corrected chi connectivity index (χ0v) is 15.7. The van der Waals surface area contributed by atoms with E-state index >= 15 is 0 Å². The number of carbonyl (C=O) groups excluding carboxylic acids is 2. The summed E-state index contributed by atoms with van der Waals surface area (Å²) in [6.07, 6.45) is 0. The van der Waals surface area contributed by atoms with Gasteiger partial charge in [0.1, 0.15) is 11.5 Å². The SMILES string of the molecule is COc1cc(OC)cc(C(=O)OCC(=O)Nc2ccccc2SCC#N)c1. The maximum atomic E-state index is 12.2. The Kier molecular flexibility index (Phi) is 7.52. The zero-order chi connectivity index (χ0) is 19.6. The number of anilines is 1. The van der Waals surface area contributed by atoms with Crippen LogP contribution in [0, 0.1) is 11.3 Å². The second-order valence-electron chi connectivity index (χ2n) is 5.17. The minimum atomic E-state index is -0.672. The first kappa shape index (κ1) is 20.1. The summed E-state index contributed by atoms with van der Waals surface area (Å²) >= 11 is 1.31. The number of nitriles is 1. The molecule has 0 unspecified atom stereocenters. The van der Waals surface area contributed by atoms with E-state index in [0.29, 0.717) is 17.2 Å². The number of hydrogen-bond acceptors (Lipinski definition) is 7. The first-order valence-corrected chi connectivity index (χ1v) is 8.84. The molecule has 0 radical (unpaired) electrons. The van der Waals surface area contributed by atoms with Crippen LogP contribution in [0.2, 0.25) is 0 Å². The lowest BCUT2D eigenvalue weighted by molar-refractivity contribution is -0.119. The van der Waals surface area contributed by atoms with Gasteiger partial charge in [0.2, 0.25) is 0 Å². The van der Waals surface area contributed by atoms with E-state index in [1.54, 1.807) is 24.3 Å². The standard InChI is InChI=1S/C19H18N2O5S/c1-24-14-9-13(10-15(11-14)25-2)19(23)26-12-18(22)21-16-5-3-4-6-17(16)27-8-7-20/h3-6,9-11H,8,12H2,1-2H3,(H,21,22). The van der Waals surface area contributed by atoms with E-state index in [1.165, 1.54) is 38.1 Å². The van der Waals surface area contributed by atoms with Crippen LogP contribution in [0.25, 0.3) is 0 Å². The van der Waals surface area contributed by atoms with Gasteiger partial charge in [-0.15, -0.1) is 11.8 Å². The van der Waals surface area contributed by atoms with Crippen molar-refractivity contribution in [1.82, 2.24) is 0 Å². The third kappa shape index (κ3) is 5.94. The minimum absolute atomic E-state index is 0.212. The summed E-state index contributed by atoms with van der Waals surface area (Å²) in [5.41, 5.74) is 0.769. The fraction of sp³-hybridized carbons (Fsp3) is 0.211. The second kappa shape index (κ2) is 10.1. The molecule has 7 nitrogen and oxygen atoms in total. The van der Waals surface area contributed by atoms with Gasteiger partial charge >= 0.3 is 5.97 Å². The topological polar surface area (TPSA) is 97.7 Å². The van der Waals surface area contributed by atoms with Gasteiger partial charge in [0.05, 0.1) is 37.3 Å². The van der Waals surface area contributed by atoms with E-state index in [2.05, 4.69) is 5.32 Å². The zero-order valence-electron chi connectivity index (χ0n) is 14.9. The molecule has 0 fully saturated rings. The molecule has 140 valence electrons. The second-order valence-corrected chi connectivity index (χ2v) is 6.19. The largest absolute Gasteiger partial charge is 0.497 e. The molecule has 0 aliphatic carbocycles. The predicted molar refractivity (Wildman–Crippen MR) is 101 cm³/mol. The lowest BCUT2D eigenvalue weighted by atomic mass is 10.2. The number of ether oxygens (including phenoxy) is 3. The highest BCUT2D eigenvalue weighted by molar-refractivity contribution is 7.99. The van der Waals surface area contributed by atoms with E-state index in [-0.39, 0.29) is 11.3 Å². The van der Waals surface area contributed by atoms with Crippen molar-refractivity contribution in [3.8, 4) is 17.6 Å². The van der Waals surface area contributed by atoms with E-state index in [0.717, 1.165) is 4.90 Å². The van der Waals surface area contributed by atoms with Crippen molar-refractivity contribution >= 4 is 29.3 Å². The highest BCUT2D eigenvalue weighted by Gasteiger charge is 2.14. The summed E-state index contributed by atoms with van der Waals surface area (Å²) in [5.74, 6) is -0.0133. The average Bonchev–Trinajstić information content (AvgIpc) is 2.70. The Morgan fingerprint density at radius 2 is 1.78 bits per heavy atom. The first-order chi connectivity index (χ1) is 13.1. The molecule has 1 amide bonds. The van der Waals surface area contributed by atoms with Crippen molar-refractivity contribution in [3.05, 3.63) is 48.0 Å². The van der Waals surface area contributed by atoms with Crippen LogP contribution in [0.3, 0.4) is 0 Å². The third-order valence-electron chi connectivity index (χ3n) is 3.37. The molecule has 0 aromatic heterocycles. The van der Waals surface area contributed by atoms with Crippen molar-refractivity contribution in [2.45, 2.75) is 4.90 Å². The van der Waals surface area contributed by atoms with Crippen LogP contribution in [0.4, 0.5) is 5.69 Å². The van der Waals surface area contributed by atoms with Gasteiger partial charge in [-0.2, -0.15) is 5.26 Å². The van der Waals surface area contributed by atoms with Crippen LogP contribution in [0.5, 0.6) is 11.5 Å². The fourth-order valence-electron chi connectivity index (χ4n) is 2.13. The molecule has 0 heterocycles. The molecule has 0 spiro atoms. The third-order valence-corrected chi connectivity index (χ3v) is 4.32. The molecule has 0 saturated carbocycles. The van der Waals surface area contributed by atoms with Gasteiger partial charge in [-0.1, -0.05) is 12.1 Å². The van der Waals surface area contributed by atoms with Gasteiger partial charge in [0.25, 0.3) is 5.91 Å². The number of nitrogens with one attached hydrogen (secondary N) is 1. The molecule has 1 N–H and O–H groups in total. The highest BCUT2D eigenvalue weighted by atomic mass is 32.2. The maximum Gasteiger partial charge on any atom is 0.338 e. The van der Waals surface area contributed by atoms with Gasteiger partial charge in [0.15, 0.2) is 6.61 Å². The van der Waals surface area contributed by atoms with Crippen LogP contribution in [-0.2, 0) is 9.53 Å². The van der Waals surface area contributed by atoms with E-state index in [4.69, 9.17) is 19.5 Å². The Morgan fingerprint density at radius 3 is 2.41 bits per heavy atom. The number of amides is 1. The molecular weight excluding hydrogens is 368 g/mol. The number of esters is 1. The van der Waals surface area contributed by atoms with Crippen molar-refractivity contribution in [2.24, 2.45) is 0 Å². The van der Waals surface area contributed by atoms with Crippen molar-refractivity contribution < 1.29 is 23.8 Å². The number of carbonyl (C=O) groups is 2. The Balaban J connectivity index is 1.98. The molecular formula is C19H18N2O5S. The molecule has 2 aromatic rings. The lowest BCUT2D eigenvalue weighted by Crippen LogP contribution is -2.21. The van der Waals surface area contributed by atoms with Gasteiger partial charge in [0, 0.05) is 11.0 Å². The van der Waals surface area contributed by atoms with Crippen molar-refractivity contribution in [2.75, 3.05) is 31.9 Å². The first-order valence-electron chi connectivity index (χ1n) is 7.86. The number of benzene rings is 2. The molecule has 0 saturated heterocycles. The summed E-state index contributed by atoms with van der Waals surface area (Å²) in [4.78, 5) is 25.1. The number of thioether (sulfide) groups is 1. The number of para-hydroxylation sites is 1. The molecule has 0 bridgehead atoms. The Morgan fingerprint density at radius 1 is 1.11 bits per heavy atom. The van der Waals surface area contributed by atoms with Crippen LogP contribution < -0.4 is 14.8 Å². The molecule has 0 aliphatic heterocycles. The summed E-state index contributed by atoms with van der Waals surface area (Å²) in [5, 5.41) is 11.4. The Labute approximate surface area is 161 Å². The lowest BCUT2D eigenvalue weighted by Gasteiger charge is -2.11. The normalized spacial score (nSPS) is 9.81.